The third kappa shape index (κ3) is 5.08. The van der Waals surface area contributed by atoms with E-state index in [1.54, 1.807) is 45.2 Å². The molecule has 1 rings (SSSR count). The van der Waals surface area contributed by atoms with Crippen LogP contribution in [0.3, 0.4) is 0 Å². The number of amides is 1. The standard InChI is InChI=1S/C15H24N2O4S/c1-5-17(10-15(18)16-13(3)11-21-4)22(19,20)14-8-6-12(2)7-9-14/h6-9,13H,5,10-11H2,1-4H3,(H,16,18)/t13-/m0/s1. The molecule has 0 aliphatic rings. The molecule has 124 valence electrons. The van der Waals surface area contributed by atoms with E-state index in [9.17, 15) is 13.2 Å². The summed E-state index contributed by atoms with van der Waals surface area (Å²) in [4.78, 5) is 12.1. The first-order chi connectivity index (χ1) is 10.3. The van der Waals surface area contributed by atoms with Crippen LogP contribution in [0, 0.1) is 6.92 Å². The minimum Gasteiger partial charge on any atom is -0.383 e. The summed E-state index contributed by atoms with van der Waals surface area (Å²) in [5.41, 5.74) is 0.980. The number of likely N-dealkylation sites (N-methyl/N-ethyl adjacent to an activating group) is 1. The van der Waals surface area contributed by atoms with Crippen molar-refractivity contribution in [3.63, 3.8) is 0 Å². The lowest BCUT2D eigenvalue weighted by molar-refractivity contribution is -0.122. The van der Waals surface area contributed by atoms with Gasteiger partial charge in [0, 0.05) is 19.7 Å². The van der Waals surface area contributed by atoms with Crippen LogP contribution in [0.1, 0.15) is 19.4 Å². The summed E-state index contributed by atoms with van der Waals surface area (Å²) in [5, 5.41) is 2.71. The van der Waals surface area contributed by atoms with Crippen molar-refractivity contribution >= 4 is 15.9 Å². The molecule has 0 aliphatic heterocycles. The number of carbonyl (C=O) groups is 1. The predicted octanol–water partition coefficient (Wildman–Crippen LogP) is 1.16. The molecule has 0 heterocycles. The maximum absolute atomic E-state index is 12.5. The van der Waals surface area contributed by atoms with Crippen LogP contribution < -0.4 is 5.32 Å². The highest BCUT2D eigenvalue weighted by Gasteiger charge is 2.25. The zero-order chi connectivity index (χ0) is 16.8. The molecule has 0 unspecified atom stereocenters. The SMILES string of the molecule is CCN(CC(=O)N[C@@H](C)COC)S(=O)(=O)c1ccc(C)cc1. The Morgan fingerprint density at radius 1 is 1.32 bits per heavy atom. The number of rotatable bonds is 8. The topological polar surface area (TPSA) is 75.7 Å². The average molecular weight is 328 g/mol. The summed E-state index contributed by atoms with van der Waals surface area (Å²) in [6.07, 6.45) is 0. The van der Waals surface area contributed by atoms with Crippen LogP contribution in [-0.2, 0) is 19.6 Å². The Morgan fingerprint density at radius 2 is 1.91 bits per heavy atom. The van der Waals surface area contributed by atoms with Gasteiger partial charge in [-0.3, -0.25) is 4.79 Å². The Morgan fingerprint density at radius 3 is 2.41 bits per heavy atom. The van der Waals surface area contributed by atoms with Crippen molar-refractivity contribution in [1.82, 2.24) is 9.62 Å². The van der Waals surface area contributed by atoms with Gasteiger partial charge in [-0.25, -0.2) is 8.42 Å². The summed E-state index contributed by atoms with van der Waals surface area (Å²) in [6.45, 7) is 5.79. The first kappa shape index (κ1) is 18.6. The maximum atomic E-state index is 12.5. The van der Waals surface area contributed by atoms with E-state index in [1.807, 2.05) is 6.92 Å². The molecule has 0 aliphatic carbocycles. The molecule has 0 fully saturated rings. The molecule has 1 N–H and O–H groups in total. The molecule has 0 saturated carbocycles. The lowest BCUT2D eigenvalue weighted by atomic mass is 10.2. The fraction of sp³-hybridized carbons (Fsp3) is 0.533. The van der Waals surface area contributed by atoms with Crippen molar-refractivity contribution in [3.8, 4) is 0 Å². The zero-order valence-corrected chi connectivity index (χ0v) is 14.3. The Hall–Kier alpha value is -1.44. The van der Waals surface area contributed by atoms with Crippen LogP contribution >= 0.6 is 0 Å². The first-order valence-corrected chi connectivity index (χ1v) is 8.60. The van der Waals surface area contributed by atoms with Gasteiger partial charge in [0.2, 0.25) is 15.9 Å². The molecule has 0 saturated heterocycles. The fourth-order valence-electron chi connectivity index (χ4n) is 2.00. The largest absolute Gasteiger partial charge is 0.383 e. The van der Waals surface area contributed by atoms with Gasteiger partial charge in [0.25, 0.3) is 0 Å². The number of nitrogens with zero attached hydrogens (tertiary/aromatic N) is 1. The van der Waals surface area contributed by atoms with E-state index in [0.29, 0.717) is 6.61 Å². The van der Waals surface area contributed by atoms with E-state index < -0.39 is 10.0 Å². The lowest BCUT2D eigenvalue weighted by Crippen LogP contribution is -2.44. The van der Waals surface area contributed by atoms with Gasteiger partial charge in [-0.15, -0.1) is 0 Å². The monoisotopic (exact) mass is 328 g/mol. The van der Waals surface area contributed by atoms with Crippen LogP contribution in [0.25, 0.3) is 0 Å². The first-order valence-electron chi connectivity index (χ1n) is 7.16. The smallest absolute Gasteiger partial charge is 0.243 e. The van der Waals surface area contributed by atoms with E-state index >= 15 is 0 Å². The van der Waals surface area contributed by atoms with Gasteiger partial charge in [0.15, 0.2) is 0 Å². The number of carbonyl (C=O) groups excluding carboxylic acids is 1. The third-order valence-corrected chi connectivity index (χ3v) is 5.09. The number of hydrogen-bond donors (Lipinski definition) is 1. The van der Waals surface area contributed by atoms with Crippen LogP contribution in [0.4, 0.5) is 0 Å². The minimum absolute atomic E-state index is 0.168. The summed E-state index contributed by atoms with van der Waals surface area (Å²) in [7, 11) is -2.13. The summed E-state index contributed by atoms with van der Waals surface area (Å²) < 4.78 is 31.2. The van der Waals surface area contributed by atoms with Gasteiger partial charge in [0.1, 0.15) is 0 Å². The number of ether oxygens (including phenoxy) is 1. The minimum atomic E-state index is -3.67. The third-order valence-electron chi connectivity index (χ3n) is 3.16. The van der Waals surface area contributed by atoms with Crippen molar-refractivity contribution in [3.05, 3.63) is 29.8 Å². The second kappa shape index (κ2) is 8.26. The van der Waals surface area contributed by atoms with E-state index in [0.717, 1.165) is 9.87 Å². The Balaban J connectivity index is 2.82. The van der Waals surface area contributed by atoms with Crippen molar-refractivity contribution < 1.29 is 17.9 Å². The van der Waals surface area contributed by atoms with Gasteiger partial charge in [0.05, 0.1) is 18.0 Å². The molecule has 1 amide bonds. The molecular formula is C15H24N2O4S. The van der Waals surface area contributed by atoms with E-state index in [-0.39, 0.29) is 29.9 Å². The van der Waals surface area contributed by atoms with Crippen LogP contribution in [0.5, 0.6) is 0 Å². The molecule has 1 aromatic carbocycles. The summed E-state index contributed by atoms with van der Waals surface area (Å²) in [6, 6.07) is 6.42. The second-order valence-electron chi connectivity index (χ2n) is 5.17. The number of methoxy groups -OCH3 is 1. The van der Waals surface area contributed by atoms with Gasteiger partial charge >= 0.3 is 0 Å². The normalized spacial score (nSPS) is 13.1. The maximum Gasteiger partial charge on any atom is 0.243 e. The van der Waals surface area contributed by atoms with E-state index in [4.69, 9.17) is 4.74 Å². The van der Waals surface area contributed by atoms with Crippen LogP contribution in [0.2, 0.25) is 0 Å². The van der Waals surface area contributed by atoms with Crippen molar-refractivity contribution in [2.75, 3.05) is 26.8 Å². The number of sulfonamides is 1. The quantitative estimate of drug-likeness (QED) is 0.777. The molecule has 22 heavy (non-hydrogen) atoms. The molecule has 6 nitrogen and oxygen atoms in total. The van der Waals surface area contributed by atoms with Gasteiger partial charge in [-0.1, -0.05) is 24.6 Å². The lowest BCUT2D eigenvalue weighted by Gasteiger charge is -2.21. The van der Waals surface area contributed by atoms with Crippen molar-refractivity contribution in [1.29, 1.82) is 0 Å². The molecule has 0 spiro atoms. The van der Waals surface area contributed by atoms with Gasteiger partial charge < -0.3 is 10.1 Å². The summed E-state index contributed by atoms with van der Waals surface area (Å²) >= 11 is 0. The average Bonchev–Trinajstić information content (AvgIpc) is 2.45. The van der Waals surface area contributed by atoms with Crippen molar-refractivity contribution in [2.45, 2.75) is 31.7 Å². The molecule has 0 radical (unpaired) electrons. The molecule has 0 bridgehead atoms. The zero-order valence-electron chi connectivity index (χ0n) is 13.5. The highest BCUT2D eigenvalue weighted by molar-refractivity contribution is 7.89. The highest BCUT2D eigenvalue weighted by Crippen LogP contribution is 2.15. The predicted molar refractivity (Wildman–Crippen MR) is 85.1 cm³/mol. The molecule has 1 atom stereocenters. The molecule has 7 heteroatoms. The molecule has 1 aromatic rings. The summed E-state index contributed by atoms with van der Waals surface area (Å²) in [5.74, 6) is -0.345. The number of benzene rings is 1. The number of aryl methyl sites for hydroxylation is 1. The van der Waals surface area contributed by atoms with Crippen LogP contribution in [0.15, 0.2) is 29.2 Å². The highest BCUT2D eigenvalue weighted by atomic mass is 32.2. The Kier molecular flexibility index (Phi) is 6.99. The number of hydrogen-bond acceptors (Lipinski definition) is 4. The van der Waals surface area contributed by atoms with Gasteiger partial charge in [-0.05, 0) is 26.0 Å². The molecule has 0 aromatic heterocycles. The van der Waals surface area contributed by atoms with Gasteiger partial charge in [-0.2, -0.15) is 4.31 Å². The van der Waals surface area contributed by atoms with Crippen molar-refractivity contribution in [2.24, 2.45) is 0 Å². The second-order valence-corrected chi connectivity index (χ2v) is 7.11. The fourth-order valence-corrected chi connectivity index (χ4v) is 3.40. The number of nitrogens with one attached hydrogen (secondary N) is 1. The molecular weight excluding hydrogens is 304 g/mol. The van der Waals surface area contributed by atoms with Crippen LogP contribution in [-0.4, -0.2) is 51.5 Å². The van der Waals surface area contributed by atoms with E-state index in [1.165, 1.54) is 0 Å². The Bertz CT molecular complexity index is 584. The van der Waals surface area contributed by atoms with E-state index in [2.05, 4.69) is 5.32 Å². The Labute approximate surface area is 132 Å².